The van der Waals surface area contributed by atoms with E-state index in [0.29, 0.717) is 35.3 Å². The maximum Gasteiger partial charge on any atom is 0.407 e. The first kappa shape index (κ1) is 64.1. The molecule has 0 aromatic heterocycles. The van der Waals surface area contributed by atoms with E-state index in [4.69, 9.17) is 51.8 Å². The van der Waals surface area contributed by atoms with E-state index in [2.05, 4.69) is 55.1 Å². The second kappa shape index (κ2) is 30.0. The number of aryl methyl sites for hydroxylation is 1. The summed E-state index contributed by atoms with van der Waals surface area (Å²) in [5.74, 6) is 0. The van der Waals surface area contributed by atoms with E-state index < -0.39 is 119 Å². The van der Waals surface area contributed by atoms with Crippen molar-refractivity contribution in [1.82, 2.24) is 21.3 Å². The summed E-state index contributed by atoms with van der Waals surface area (Å²) in [6.45, 7) is 12.9. The van der Waals surface area contributed by atoms with E-state index in [1.165, 1.54) is 0 Å². The minimum Gasteiger partial charge on any atom is -0.445 e. The van der Waals surface area contributed by atoms with Gasteiger partial charge in [-0.25, -0.2) is 14.4 Å². The molecule has 0 radical (unpaired) electrons. The van der Waals surface area contributed by atoms with Crippen LogP contribution in [0.3, 0.4) is 0 Å². The molecule has 1 saturated carbocycles. The van der Waals surface area contributed by atoms with E-state index in [9.17, 15) is 29.7 Å². The van der Waals surface area contributed by atoms with Gasteiger partial charge in [-0.3, -0.25) is 0 Å². The van der Waals surface area contributed by atoms with Crippen LogP contribution in [-0.4, -0.2) is 154 Å². The summed E-state index contributed by atoms with van der Waals surface area (Å²) < 4.78 is 70.0. The minimum absolute atomic E-state index is 0.0373. The molecule has 3 heterocycles. The molecule has 464 valence electrons. The largest absolute Gasteiger partial charge is 0.445 e. The number of hydrogen-bond donors (Lipinski definition) is 7. The zero-order valence-electron chi connectivity index (χ0n) is 49.4. The second-order valence-corrected chi connectivity index (χ2v) is 28.4. The second-order valence-electron chi connectivity index (χ2n) is 23.6. The molecule has 0 bridgehead atoms. The number of carbonyl (C=O) groups is 3. The Balaban J connectivity index is 1.05. The molecule has 22 heteroatoms. The number of ether oxygens (including phenoxy) is 10. The van der Waals surface area contributed by atoms with Crippen molar-refractivity contribution in [3.8, 4) is 0 Å². The van der Waals surface area contributed by atoms with Gasteiger partial charge in [-0.2, -0.15) is 0 Å². The summed E-state index contributed by atoms with van der Waals surface area (Å²) in [6, 6.07) is 40.4. The third-order valence-electron chi connectivity index (χ3n) is 16.3. The molecule has 3 amide bonds. The van der Waals surface area contributed by atoms with Gasteiger partial charge >= 0.3 is 18.3 Å². The maximum absolute atomic E-state index is 14.2. The predicted octanol–water partition coefficient (Wildman–Crippen LogP) is 7.20. The number of fused-ring (bicyclic) bond motifs is 1. The zero-order chi connectivity index (χ0) is 60.8. The molecule has 0 spiro atoms. The molecule has 7 N–H and O–H groups in total. The Hall–Kier alpha value is -6.35. The Morgan fingerprint density at radius 1 is 0.593 bits per heavy atom. The van der Waals surface area contributed by atoms with Gasteiger partial charge in [-0.15, -0.1) is 0 Å². The molecule has 3 saturated heterocycles. The normalized spacial score (nSPS) is 28.4. The molecule has 4 aliphatic rings. The lowest BCUT2D eigenvalue weighted by atomic mass is 9.83. The van der Waals surface area contributed by atoms with Gasteiger partial charge in [0.1, 0.15) is 80.8 Å². The third-order valence-corrected chi connectivity index (χ3v) is 20.8. The van der Waals surface area contributed by atoms with Crippen LogP contribution in [0.2, 0.25) is 18.1 Å². The summed E-state index contributed by atoms with van der Waals surface area (Å²) in [7, 11) is -2.43. The number of benzene rings is 5. The van der Waals surface area contributed by atoms with Crippen molar-refractivity contribution in [2.75, 3.05) is 26.4 Å². The molecular weight excluding hydrogens is 1120 g/mol. The SMILES string of the molecule is Cc1ccc(CNCCO[C@H]2[C@H](O[C@@H]3[C@@H](O)[C@H](NC(=O)OCc4ccccc4)C[C@H](NC(=O)OCc4ccccc4)[C@H]3O[C@H]3O[C@@H]4COC(c5ccccc5)O[C@H]4[C@H](O)[C@H]3NC(=O)OCc3ccccc3)O[C@H](CO[Si](C)(C)C(C)(C)C)[C@H]2O)cc1. The average Bonchev–Trinajstić information content (AvgIpc) is 1.69. The molecule has 5 aromatic carbocycles. The molecule has 1 unspecified atom stereocenters. The zero-order valence-corrected chi connectivity index (χ0v) is 50.4. The first-order valence-corrected chi connectivity index (χ1v) is 32.2. The fourth-order valence-electron chi connectivity index (χ4n) is 10.3. The molecule has 9 rings (SSSR count). The highest BCUT2D eigenvalue weighted by Crippen LogP contribution is 2.40. The quantitative estimate of drug-likeness (QED) is 0.0194. The van der Waals surface area contributed by atoms with Crippen LogP contribution in [-0.2, 0) is 78.2 Å². The monoisotopic (exact) mass is 1210 g/mol. The number of aliphatic hydroxyl groups excluding tert-OH is 3. The van der Waals surface area contributed by atoms with Crippen molar-refractivity contribution in [3.05, 3.63) is 179 Å². The summed E-state index contributed by atoms with van der Waals surface area (Å²) >= 11 is 0. The Labute approximate surface area is 503 Å². The number of rotatable bonds is 23. The summed E-state index contributed by atoms with van der Waals surface area (Å²) in [6.07, 6.45) is -19.1. The summed E-state index contributed by atoms with van der Waals surface area (Å²) in [5.41, 5.74) is 4.96. The number of amides is 3. The molecule has 21 nitrogen and oxygen atoms in total. The Morgan fingerprint density at radius 2 is 1.13 bits per heavy atom. The van der Waals surface area contributed by atoms with Crippen LogP contribution in [0.15, 0.2) is 146 Å². The molecule has 86 heavy (non-hydrogen) atoms. The van der Waals surface area contributed by atoms with Gasteiger partial charge in [0.15, 0.2) is 27.2 Å². The van der Waals surface area contributed by atoms with Crippen LogP contribution in [0.4, 0.5) is 14.4 Å². The van der Waals surface area contributed by atoms with E-state index >= 15 is 0 Å². The molecule has 5 aromatic rings. The topological polar surface area (TPSA) is 262 Å². The highest BCUT2D eigenvalue weighted by Gasteiger charge is 2.57. The van der Waals surface area contributed by atoms with Crippen LogP contribution >= 0.6 is 0 Å². The van der Waals surface area contributed by atoms with Crippen LogP contribution in [0.5, 0.6) is 0 Å². The van der Waals surface area contributed by atoms with Crippen LogP contribution in [0.1, 0.15) is 66.9 Å². The van der Waals surface area contributed by atoms with Gasteiger partial charge in [-0.1, -0.05) is 172 Å². The Kier molecular flexibility index (Phi) is 22.4. The van der Waals surface area contributed by atoms with E-state index in [1.807, 2.05) is 79.7 Å². The third kappa shape index (κ3) is 17.2. The molecular formula is C64H82N4O17Si. The Bertz CT molecular complexity index is 2900. The number of nitrogens with one attached hydrogen (secondary N) is 4. The molecule has 1 aliphatic carbocycles. The maximum atomic E-state index is 14.2. The van der Waals surface area contributed by atoms with E-state index in [0.717, 1.165) is 11.1 Å². The Morgan fingerprint density at radius 3 is 1.70 bits per heavy atom. The van der Waals surface area contributed by atoms with Gasteiger partial charge < -0.3 is 88.4 Å². The fraction of sp³-hybridized carbons (Fsp3) is 0.484. The van der Waals surface area contributed by atoms with Crippen molar-refractivity contribution in [2.45, 2.75) is 171 Å². The average molecular weight is 1210 g/mol. The van der Waals surface area contributed by atoms with Crippen LogP contribution in [0, 0.1) is 6.92 Å². The fourth-order valence-corrected chi connectivity index (χ4v) is 11.4. The van der Waals surface area contributed by atoms with Crippen molar-refractivity contribution in [3.63, 3.8) is 0 Å². The van der Waals surface area contributed by atoms with Crippen molar-refractivity contribution >= 4 is 26.6 Å². The first-order valence-electron chi connectivity index (χ1n) is 29.3. The number of alkyl carbamates (subject to hydrolysis) is 3. The highest BCUT2D eigenvalue weighted by atomic mass is 28.4. The predicted molar refractivity (Wildman–Crippen MR) is 316 cm³/mol. The first-order chi connectivity index (χ1) is 41.4. The van der Waals surface area contributed by atoms with Gasteiger partial charge in [0.2, 0.25) is 0 Å². The highest BCUT2D eigenvalue weighted by molar-refractivity contribution is 6.74. The molecule has 15 atom stereocenters. The summed E-state index contributed by atoms with van der Waals surface area (Å²) in [4.78, 5) is 42.0. The number of carbonyl (C=O) groups excluding carboxylic acids is 3. The van der Waals surface area contributed by atoms with Crippen molar-refractivity contribution < 1.29 is 81.5 Å². The van der Waals surface area contributed by atoms with Gasteiger partial charge in [0.05, 0.1) is 31.9 Å². The number of hydrogen-bond acceptors (Lipinski definition) is 18. The van der Waals surface area contributed by atoms with Crippen molar-refractivity contribution in [2.24, 2.45) is 0 Å². The summed E-state index contributed by atoms with van der Waals surface area (Å²) in [5, 5.41) is 49.2. The molecule has 4 fully saturated rings. The molecule has 3 aliphatic heterocycles. The lowest BCUT2D eigenvalue weighted by Gasteiger charge is -2.51. The van der Waals surface area contributed by atoms with E-state index in [1.54, 1.807) is 72.8 Å². The standard InChI is InChI=1S/C64H82N4O17Si/c1-40-27-29-41(30-28-40)34-65-31-32-75-57-52(70)48(39-80-86(5,6)64(2,3)4)81-60(57)85-56-51(69)46(66-61(72)77-35-42-19-11-7-12-20-42)33-47(67-62(73)78-36-43-21-13-8-14-22-43)54(56)83-59-50(68-63(74)79-37-44-23-15-9-16-24-44)53(71)55-49(82-59)38-76-58(84-55)45-25-17-10-18-26-45/h7-30,46-60,65,69-71H,31-39H2,1-6H3,(H,66,72)(H,67,73)(H,68,74)/t46-,47+,48-,49-,50-,51+,52-,53-,54-,55-,56-,57-,58?,59-,60+/m1/s1. The van der Waals surface area contributed by atoms with Gasteiger partial charge in [0.25, 0.3) is 0 Å². The lowest BCUT2D eigenvalue weighted by molar-refractivity contribution is -0.358. The lowest BCUT2D eigenvalue weighted by Crippen LogP contribution is -2.71. The van der Waals surface area contributed by atoms with E-state index in [-0.39, 0.29) is 51.1 Å². The van der Waals surface area contributed by atoms with Crippen LogP contribution < -0.4 is 21.3 Å². The van der Waals surface area contributed by atoms with Crippen molar-refractivity contribution in [1.29, 1.82) is 0 Å². The van der Waals surface area contributed by atoms with Gasteiger partial charge in [0, 0.05) is 18.7 Å². The van der Waals surface area contributed by atoms with Gasteiger partial charge in [-0.05, 0) is 53.7 Å². The number of aliphatic hydroxyl groups is 3. The van der Waals surface area contributed by atoms with Crippen LogP contribution in [0.25, 0.3) is 0 Å². The smallest absolute Gasteiger partial charge is 0.407 e. The minimum atomic E-state index is -2.43.